The van der Waals surface area contributed by atoms with Crippen molar-refractivity contribution < 1.29 is 28.3 Å². The number of nitrogens with zero attached hydrogens (tertiary/aromatic N) is 1. The number of halogens is 3. The summed E-state index contributed by atoms with van der Waals surface area (Å²) in [7, 11) is 0. The molecule has 2 N–H and O–H groups in total. The van der Waals surface area contributed by atoms with E-state index < -0.39 is 42.3 Å². The first kappa shape index (κ1) is 22.5. The Balaban J connectivity index is 1.64. The summed E-state index contributed by atoms with van der Waals surface area (Å²) in [6.45, 7) is 0. The molecule has 0 radical (unpaired) electrons. The molecule has 2 fully saturated rings. The fourth-order valence-electron chi connectivity index (χ4n) is 4.40. The summed E-state index contributed by atoms with van der Waals surface area (Å²) in [6.07, 6.45) is 1.66. The Labute approximate surface area is 178 Å². The highest BCUT2D eigenvalue weighted by Gasteiger charge is 2.55. The second-order valence-corrected chi connectivity index (χ2v) is 8.41. The molecule has 3 amide bonds. The van der Waals surface area contributed by atoms with Gasteiger partial charge in [0.05, 0.1) is 12.0 Å². The van der Waals surface area contributed by atoms with Crippen molar-refractivity contribution >= 4 is 29.5 Å². The zero-order chi connectivity index (χ0) is 21.8. The van der Waals surface area contributed by atoms with Gasteiger partial charge in [-0.05, 0) is 49.3 Å². The number of amides is 3. The Morgan fingerprint density at radius 1 is 1.17 bits per heavy atom. The van der Waals surface area contributed by atoms with E-state index in [0.29, 0.717) is 29.2 Å². The number of carbonyl (C=O) groups excluding carboxylic acids is 2. The monoisotopic (exact) mass is 442 g/mol. The van der Waals surface area contributed by atoms with Gasteiger partial charge in [0.1, 0.15) is 0 Å². The second-order valence-electron chi connectivity index (χ2n) is 7.97. The standard InChI is InChI=1S/C21H25ClF2N2O4/c22-14-9-6-12(7-10-14)8-11-15-17(20(28)29)26(19(15)27)21(30)25-16(18(23)24)13-4-2-1-3-5-13/h6-7,9-10,13,15-18H,1-5,8,11H2,(H,25,30)(H,28,29)/t15-,16+,17+/m1/s1. The first-order chi connectivity index (χ1) is 14.3. The van der Waals surface area contributed by atoms with Crippen molar-refractivity contribution in [2.75, 3.05) is 0 Å². The van der Waals surface area contributed by atoms with Crippen LogP contribution in [0.1, 0.15) is 44.1 Å². The predicted octanol–water partition coefficient (Wildman–Crippen LogP) is 4.11. The Hall–Kier alpha value is -2.22. The molecule has 0 spiro atoms. The van der Waals surface area contributed by atoms with Gasteiger partial charge in [0.25, 0.3) is 6.43 Å². The topological polar surface area (TPSA) is 86.7 Å². The van der Waals surface area contributed by atoms with E-state index in [2.05, 4.69) is 5.32 Å². The molecule has 1 aliphatic heterocycles. The number of carbonyl (C=O) groups is 3. The molecular weight excluding hydrogens is 418 g/mol. The number of aliphatic carboxylic acids is 1. The molecule has 164 valence electrons. The molecule has 1 aromatic rings. The molecule has 1 heterocycles. The van der Waals surface area contributed by atoms with Crippen molar-refractivity contribution in [1.82, 2.24) is 10.2 Å². The summed E-state index contributed by atoms with van der Waals surface area (Å²) in [6, 6.07) is 3.17. The van der Waals surface area contributed by atoms with Gasteiger partial charge in [-0.25, -0.2) is 23.3 Å². The lowest BCUT2D eigenvalue weighted by Crippen LogP contribution is -2.69. The molecule has 1 saturated carbocycles. The van der Waals surface area contributed by atoms with Crippen LogP contribution in [0, 0.1) is 11.8 Å². The maximum absolute atomic E-state index is 13.6. The van der Waals surface area contributed by atoms with Gasteiger partial charge in [0.15, 0.2) is 6.04 Å². The van der Waals surface area contributed by atoms with Gasteiger partial charge in [0.2, 0.25) is 5.91 Å². The first-order valence-electron chi connectivity index (χ1n) is 10.2. The van der Waals surface area contributed by atoms with Gasteiger partial charge in [-0.2, -0.15) is 0 Å². The van der Waals surface area contributed by atoms with E-state index in [-0.39, 0.29) is 12.3 Å². The van der Waals surface area contributed by atoms with Gasteiger partial charge >= 0.3 is 12.0 Å². The number of hydrogen-bond acceptors (Lipinski definition) is 3. The van der Waals surface area contributed by atoms with Crippen molar-refractivity contribution in [3.05, 3.63) is 34.9 Å². The lowest BCUT2D eigenvalue weighted by Gasteiger charge is -2.44. The highest BCUT2D eigenvalue weighted by Crippen LogP contribution is 2.33. The highest BCUT2D eigenvalue weighted by atomic mass is 35.5. The zero-order valence-electron chi connectivity index (χ0n) is 16.4. The zero-order valence-corrected chi connectivity index (χ0v) is 17.2. The van der Waals surface area contributed by atoms with Crippen LogP contribution in [-0.4, -0.2) is 46.4 Å². The average Bonchev–Trinajstić information content (AvgIpc) is 2.71. The molecule has 0 unspecified atom stereocenters. The number of aryl methyl sites for hydroxylation is 1. The third-order valence-electron chi connectivity index (χ3n) is 6.06. The number of benzene rings is 1. The Morgan fingerprint density at radius 3 is 2.37 bits per heavy atom. The summed E-state index contributed by atoms with van der Waals surface area (Å²) in [5.41, 5.74) is 0.884. The Bertz CT molecular complexity index is 784. The van der Waals surface area contributed by atoms with Crippen LogP contribution in [0.3, 0.4) is 0 Å². The van der Waals surface area contributed by atoms with E-state index in [9.17, 15) is 28.3 Å². The maximum Gasteiger partial charge on any atom is 0.327 e. The SMILES string of the molecule is O=C(O)[C@@H]1[C@@H](CCc2ccc(Cl)cc2)C(=O)N1C(=O)N[C@H](C(F)F)C1CCCCC1. The predicted molar refractivity (Wildman–Crippen MR) is 106 cm³/mol. The molecule has 3 rings (SSSR count). The summed E-state index contributed by atoms with van der Waals surface area (Å²) in [5, 5.41) is 12.3. The van der Waals surface area contributed by atoms with E-state index in [1.54, 1.807) is 24.3 Å². The highest BCUT2D eigenvalue weighted by molar-refractivity contribution is 6.30. The minimum Gasteiger partial charge on any atom is -0.480 e. The number of β-lactam (4-membered cyclic amide) rings is 1. The van der Waals surface area contributed by atoms with Gasteiger partial charge in [-0.3, -0.25) is 4.79 Å². The van der Waals surface area contributed by atoms with E-state index >= 15 is 0 Å². The fourth-order valence-corrected chi connectivity index (χ4v) is 4.53. The molecule has 2 aliphatic rings. The van der Waals surface area contributed by atoms with Gasteiger partial charge in [-0.1, -0.05) is 43.0 Å². The van der Waals surface area contributed by atoms with Crippen LogP contribution in [-0.2, 0) is 16.0 Å². The van der Waals surface area contributed by atoms with Crippen molar-refractivity contribution in [1.29, 1.82) is 0 Å². The number of likely N-dealkylation sites (tertiary alicyclic amines) is 1. The lowest BCUT2D eigenvalue weighted by molar-refractivity contribution is -0.166. The Kier molecular flexibility index (Phi) is 7.28. The number of rotatable bonds is 7. The minimum absolute atomic E-state index is 0.238. The van der Waals surface area contributed by atoms with Gasteiger partial charge < -0.3 is 10.4 Å². The molecule has 30 heavy (non-hydrogen) atoms. The van der Waals surface area contributed by atoms with Crippen molar-refractivity contribution in [2.24, 2.45) is 11.8 Å². The summed E-state index contributed by atoms with van der Waals surface area (Å²) in [5.74, 6) is -3.21. The van der Waals surface area contributed by atoms with Crippen LogP contribution in [0.5, 0.6) is 0 Å². The van der Waals surface area contributed by atoms with Crippen LogP contribution in [0.4, 0.5) is 13.6 Å². The molecule has 1 aromatic carbocycles. The summed E-state index contributed by atoms with van der Waals surface area (Å²) < 4.78 is 27.1. The molecule has 1 saturated heterocycles. The third kappa shape index (κ3) is 4.91. The number of carboxylic acid groups (broad SMARTS) is 1. The third-order valence-corrected chi connectivity index (χ3v) is 6.31. The van der Waals surface area contributed by atoms with Crippen LogP contribution < -0.4 is 5.32 Å². The van der Waals surface area contributed by atoms with Gasteiger partial charge in [0, 0.05) is 5.02 Å². The van der Waals surface area contributed by atoms with Crippen LogP contribution in [0.2, 0.25) is 5.02 Å². The quantitative estimate of drug-likeness (QED) is 0.622. The van der Waals surface area contributed by atoms with Crippen LogP contribution in [0.25, 0.3) is 0 Å². The maximum atomic E-state index is 13.6. The van der Waals surface area contributed by atoms with E-state index in [0.717, 1.165) is 24.8 Å². The van der Waals surface area contributed by atoms with E-state index in [1.165, 1.54) is 0 Å². The number of imide groups is 1. The van der Waals surface area contributed by atoms with Gasteiger partial charge in [-0.15, -0.1) is 0 Å². The summed E-state index contributed by atoms with van der Waals surface area (Å²) in [4.78, 5) is 37.3. The molecule has 1 aliphatic carbocycles. The first-order valence-corrected chi connectivity index (χ1v) is 10.6. The molecule has 0 bridgehead atoms. The summed E-state index contributed by atoms with van der Waals surface area (Å²) >= 11 is 5.84. The lowest BCUT2D eigenvalue weighted by atomic mass is 9.82. The van der Waals surface area contributed by atoms with Crippen LogP contribution >= 0.6 is 11.6 Å². The molecule has 0 aromatic heterocycles. The number of hydrogen-bond donors (Lipinski definition) is 2. The Morgan fingerprint density at radius 2 is 1.80 bits per heavy atom. The molecule has 9 heteroatoms. The largest absolute Gasteiger partial charge is 0.480 e. The van der Waals surface area contributed by atoms with Crippen LogP contribution in [0.15, 0.2) is 24.3 Å². The van der Waals surface area contributed by atoms with Crippen molar-refractivity contribution in [3.63, 3.8) is 0 Å². The number of urea groups is 1. The van der Waals surface area contributed by atoms with Crippen molar-refractivity contribution in [3.8, 4) is 0 Å². The normalized spacial score (nSPS) is 23.2. The molecule has 3 atom stereocenters. The number of carboxylic acids is 1. The number of alkyl halides is 2. The molecular formula is C21H25ClF2N2O4. The minimum atomic E-state index is -2.78. The van der Waals surface area contributed by atoms with E-state index in [4.69, 9.17) is 11.6 Å². The molecule has 6 nitrogen and oxygen atoms in total. The fraction of sp³-hybridized carbons (Fsp3) is 0.571. The average molecular weight is 443 g/mol. The smallest absolute Gasteiger partial charge is 0.327 e. The van der Waals surface area contributed by atoms with Crippen molar-refractivity contribution in [2.45, 2.75) is 63.5 Å². The second kappa shape index (κ2) is 9.73. The number of nitrogens with one attached hydrogen (secondary N) is 1. The van der Waals surface area contributed by atoms with E-state index in [1.807, 2.05) is 0 Å².